The van der Waals surface area contributed by atoms with E-state index in [0.717, 1.165) is 0 Å². The SMILES string of the molecule is Cc1cc(C)c(C(C)(C)N)cc1C. The molecule has 0 unspecified atom stereocenters. The van der Waals surface area contributed by atoms with Crippen molar-refractivity contribution in [2.75, 3.05) is 0 Å². The highest BCUT2D eigenvalue weighted by Crippen LogP contribution is 2.23. The summed E-state index contributed by atoms with van der Waals surface area (Å²) in [7, 11) is 0. The van der Waals surface area contributed by atoms with Gasteiger partial charge in [0.15, 0.2) is 0 Å². The molecule has 0 bridgehead atoms. The second kappa shape index (κ2) is 3.15. The molecule has 1 rings (SSSR count). The van der Waals surface area contributed by atoms with Gasteiger partial charge in [-0.05, 0) is 56.9 Å². The monoisotopic (exact) mass is 177 g/mol. The number of hydrogen-bond donors (Lipinski definition) is 1. The summed E-state index contributed by atoms with van der Waals surface area (Å²) in [5.74, 6) is 0. The number of nitrogens with two attached hydrogens (primary N) is 1. The third-order valence-corrected chi connectivity index (χ3v) is 2.53. The molecule has 0 saturated heterocycles. The summed E-state index contributed by atoms with van der Waals surface area (Å²) in [6, 6.07) is 4.41. The molecule has 0 radical (unpaired) electrons. The molecule has 0 aliphatic rings. The fraction of sp³-hybridized carbons (Fsp3) is 0.500. The molecule has 13 heavy (non-hydrogen) atoms. The molecule has 0 spiro atoms. The summed E-state index contributed by atoms with van der Waals surface area (Å²) >= 11 is 0. The average Bonchev–Trinajstić information content (AvgIpc) is 1.94. The highest BCUT2D eigenvalue weighted by Gasteiger charge is 2.16. The van der Waals surface area contributed by atoms with E-state index in [-0.39, 0.29) is 5.54 Å². The molecule has 1 aromatic carbocycles. The first-order valence-electron chi connectivity index (χ1n) is 4.69. The van der Waals surface area contributed by atoms with Crippen molar-refractivity contribution in [3.63, 3.8) is 0 Å². The maximum atomic E-state index is 6.08. The first-order valence-corrected chi connectivity index (χ1v) is 4.69. The topological polar surface area (TPSA) is 26.0 Å². The van der Waals surface area contributed by atoms with E-state index in [2.05, 4.69) is 32.9 Å². The normalized spacial score (nSPS) is 11.8. The lowest BCUT2D eigenvalue weighted by molar-refractivity contribution is 0.550. The Balaban J connectivity index is 3.32. The van der Waals surface area contributed by atoms with Gasteiger partial charge in [-0.1, -0.05) is 12.1 Å². The predicted molar refractivity (Wildman–Crippen MR) is 57.9 cm³/mol. The van der Waals surface area contributed by atoms with Crippen molar-refractivity contribution < 1.29 is 0 Å². The molecule has 72 valence electrons. The largest absolute Gasteiger partial charge is 0.322 e. The van der Waals surface area contributed by atoms with Gasteiger partial charge in [0.2, 0.25) is 0 Å². The van der Waals surface area contributed by atoms with Crippen LogP contribution in [0.2, 0.25) is 0 Å². The zero-order valence-corrected chi connectivity index (χ0v) is 9.23. The summed E-state index contributed by atoms with van der Waals surface area (Å²) in [5, 5.41) is 0. The van der Waals surface area contributed by atoms with Crippen molar-refractivity contribution in [3.05, 3.63) is 34.4 Å². The smallest absolute Gasteiger partial charge is 0.0355 e. The van der Waals surface area contributed by atoms with Crippen LogP contribution in [-0.2, 0) is 5.54 Å². The Hall–Kier alpha value is -0.820. The van der Waals surface area contributed by atoms with Crippen LogP contribution in [0.1, 0.15) is 36.1 Å². The highest BCUT2D eigenvalue weighted by atomic mass is 14.7. The van der Waals surface area contributed by atoms with Crippen molar-refractivity contribution >= 4 is 0 Å². The van der Waals surface area contributed by atoms with Crippen molar-refractivity contribution in [3.8, 4) is 0 Å². The van der Waals surface area contributed by atoms with E-state index < -0.39 is 0 Å². The van der Waals surface area contributed by atoms with Crippen LogP contribution < -0.4 is 5.73 Å². The molecule has 1 aromatic rings. The van der Waals surface area contributed by atoms with Crippen LogP contribution in [0, 0.1) is 20.8 Å². The molecule has 0 heterocycles. The molecule has 0 saturated carbocycles. The molecule has 0 atom stereocenters. The van der Waals surface area contributed by atoms with Gasteiger partial charge in [0.05, 0.1) is 0 Å². The zero-order valence-electron chi connectivity index (χ0n) is 9.23. The van der Waals surface area contributed by atoms with Gasteiger partial charge in [0.25, 0.3) is 0 Å². The number of hydrogen-bond acceptors (Lipinski definition) is 1. The van der Waals surface area contributed by atoms with Crippen LogP contribution in [0.4, 0.5) is 0 Å². The second-order valence-electron chi connectivity index (χ2n) is 4.47. The van der Waals surface area contributed by atoms with E-state index in [9.17, 15) is 0 Å². The lowest BCUT2D eigenvalue weighted by Gasteiger charge is -2.23. The highest BCUT2D eigenvalue weighted by molar-refractivity contribution is 5.39. The third-order valence-electron chi connectivity index (χ3n) is 2.53. The average molecular weight is 177 g/mol. The summed E-state index contributed by atoms with van der Waals surface area (Å²) in [6.45, 7) is 10.5. The van der Waals surface area contributed by atoms with E-state index >= 15 is 0 Å². The summed E-state index contributed by atoms with van der Waals surface area (Å²) in [6.07, 6.45) is 0. The van der Waals surface area contributed by atoms with Gasteiger partial charge in [0, 0.05) is 5.54 Å². The Morgan fingerprint density at radius 1 is 0.923 bits per heavy atom. The fourth-order valence-corrected chi connectivity index (χ4v) is 1.65. The maximum absolute atomic E-state index is 6.08. The molecular formula is C12H19N. The van der Waals surface area contributed by atoms with Crippen LogP contribution in [0.3, 0.4) is 0 Å². The molecular weight excluding hydrogens is 158 g/mol. The van der Waals surface area contributed by atoms with Crippen molar-refractivity contribution in [2.45, 2.75) is 40.2 Å². The van der Waals surface area contributed by atoms with Gasteiger partial charge in [-0.25, -0.2) is 0 Å². The Bertz CT molecular complexity index is 319. The molecule has 0 aromatic heterocycles. The summed E-state index contributed by atoms with van der Waals surface area (Å²) in [5.41, 5.74) is 11.0. The van der Waals surface area contributed by atoms with Gasteiger partial charge < -0.3 is 5.73 Å². The lowest BCUT2D eigenvalue weighted by atomic mass is 9.88. The minimum atomic E-state index is -0.234. The van der Waals surface area contributed by atoms with Gasteiger partial charge in [-0.2, -0.15) is 0 Å². The van der Waals surface area contributed by atoms with E-state index in [4.69, 9.17) is 5.73 Å². The minimum absolute atomic E-state index is 0.234. The van der Waals surface area contributed by atoms with Gasteiger partial charge in [0.1, 0.15) is 0 Å². The molecule has 0 aliphatic carbocycles. The molecule has 0 amide bonds. The van der Waals surface area contributed by atoms with Crippen LogP contribution in [0.25, 0.3) is 0 Å². The van der Waals surface area contributed by atoms with E-state index in [1.54, 1.807) is 0 Å². The molecule has 0 fully saturated rings. The summed E-state index contributed by atoms with van der Waals surface area (Å²) < 4.78 is 0. The first-order chi connectivity index (χ1) is 5.82. The van der Waals surface area contributed by atoms with Crippen LogP contribution in [0.5, 0.6) is 0 Å². The number of rotatable bonds is 1. The van der Waals surface area contributed by atoms with Gasteiger partial charge in [-0.15, -0.1) is 0 Å². The Kier molecular flexibility index (Phi) is 2.49. The van der Waals surface area contributed by atoms with Crippen LogP contribution in [0.15, 0.2) is 12.1 Å². The van der Waals surface area contributed by atoms with E-state index in [1.165, 1.54) is 22.3 Å². The second-order valence-corrected chi connectivity index (χ2v) is 4.47. The van der Waals surface area contributed by atoms with Crippen molar-refractivity contribution in [1.82, 2.24) is 0 Å². The Morgan fingerprint density at radius 2 is 1.38 bits per heavy atom. The zero-order chi connectivity index (χ0) is 10.2. The quantitative estimate of drug-likeness (QED) is 0.701. The lowest BCUT2D eigenvalue weighted by Crippen LogP contribution is -2.29. The van der Waals surface area contributed by atoms with Gasteiger partial charge in [-0.3, -0.25) is 0 Å². The molecule has 0 aliphatic heterocycles. The Labute approximate surface area is 81.0 Å². The number of aryl methyl sites for hydroxylation is 3. The standard InChI is InChI=1S/C12H19N/c1-8-6-10(3)11(7-9(8)2)12(4,5)13/h6-7H,13H2,1-5H3. The predicted octanol–water partition coefficient (Wildman–Crippen LogP) is 2.81. The van der Waals surface area contributed by atoms with Gasteiger partial charge >= 0.3 is 0 Å². The molecule has 2 N–H and O–H groups in total. The minimum Gasteiger partial charge on any atom is -0.322 e. The van der Waals surface area contributed by atoms with Crippen molar-refractivity contribution in [2.24, 2.45) is 5.73 Å². The maximum Gasteiger partial charge on any atom is 0.0355 e. The summed E-state index contributed by atoms with van der Waals surface area (Å²) in [4.78, 5) is 0. The van der Waals surface area contributed by atoms with Crippen LogP contribution in [-0.4, -0.2) is 0 Å². The van der Waals surface area contributed by atoms with E-state index in [1.807, 2.05) is 13.8 Å². The fourth-order valence-electron chi connectivity index (χ4n) is 1.65. The molecule has 1 heteroatoms. The number of benzene rings is 1. The Morgan fingerprint density at radius 3 is 1.85 bits per heavy atom. The third kappa shape index (κ3) is 2.10. The van der Waals surface area contributed by atoms with E-state index in [0.29, 0.717) is 0 Å². The van der Waals surface area contributed by atoms with Crippen LogP contribution >= 0.6 is 0 Å². The molecule has 1 nitrogen and oxygen atoms in total. The van der Waals surface area contributed by atoms with Crippen molar-refractivity contribution in [1.29, 1.82) is 0 Å². The first kappa shape index (κ1) is 10.3.